The summed E-state index contributed by atoms with van der Waals surface area (Å²) in [4.78, 5) is 19.1. The Bertz CT molecular complexity index is 641. The first-order chi connectivity index (χ1) is 10.1. The first-order valence-corrected chi connectivity index (χ1v) is 8.06. The Balaban J connectivity index is 0.00000176. The standard InChI is InChI=1S/C16H19N3OS.ClH/c1-11-15(21-10-18-11)13-6-4-12(5-7-13)9-19-8-2-3-14(19)16(17)20;/h4-7,10,14H,2-3,8-9H2,1H3,(H2,17,20);1H. The third kappa shape index (κ3) is 3.48. The van der Waals surface area contributed by atoms with E-state index in [1.165, 1.54) is 16.0 Å². The minimum Gasteiger partial charge on any atom is -0.368 e. The Morgan fingerprint density at radius 3 is 2.73 bits per heavy atom. The Morgan fingerprint density at radius 2 is 2.14 bits per heavy atom. The normalized spacial score (nSPS) is 18.1. The van der Waals surface area contributed by atoms with Gasteiger partial charge in [0.05, 0.1) is 22.1 Å². The number of halogens is 1. The molecule has 2 N–H and O–H groups in total. The van der Waals surface area contributed by atoms with Gasteiger partial charge in [-0.2, -0.15) is 0 Å². The number of thiazole rings is 1. The van der Waals surface area contributed by atoms with Crippen LogP contribution in [0.1, 0.15) is 24.1 Å². The van der Waals surface area contributed by atoms with Crippen LogP contribution in [0.3, 0.4) is 0 Å². The number of rotatable bonds is 4. The van der Waals surface area contributed by atoms with Crippen LogP contribution < -0.4 is 5.73 Å². The van der Waals surface area contributed by atoms with Gasteiger partial charge < -0.3 is 5.73 Å². The number of hydrogen-bond acceptors (Lipinski definition) is 4. The van der Waals surface area contributed by atoms with Gasteiger partial charge in [-0.25, -0.2) is 4.98 Å². The summed E-state index contributed by atoms with van der Waals surface area (Å²) in [6.45, 7) is 3.76. The van der Waals surface area contributed by atoms with Gasteiger partial charge in [0.1, 0.15) is 0 Å². The number of carbonyl (C=O) groups excluding carboxylic acids is 1. The molecule has 0 spiro atoms. The number of benzene rings is 1. The van der Waals surface area contributed by atoms with E-state index >= 15 is 0 Å². The van der Waals surface area contributed by atoms with E-state index in [1.54, 1.807) is 11.3 Å². The second-order valence-electron chi connectivity index (χ2n) is 5.49. The van der Waals surface area contributed by atoms with Crippen LogP contribution in [0.2, 0.25) is 0 Å². The lowest BCUT2D eigenvalue weighted by Crippen LogP contribution is -2.39. The van der Waals surface area contributed by atoms with Gasteiger partial charge in [0.2, 0.25) is 5.91 Å². The molecule has 1 fully saturated rings. The monoisotopic (exact) mass is 337 g/mol. The van der Waals surface area contributed by atoms with Crippen LogP contribution in [-0.2, 0) is 11.3 Å². The summed E-state index contributed by atoms with van der Waals surface area (Å²) in [5.41, 5.74) is 10.8. The molecule has 1 saturated heterocycles. The van der Waals surface area contributed by atoms with Crippen LogP contribution in [0.5, 0.6) is 0 Å². The van der Waals surface area contributed by atoms with Crippen molar-refractivity contribution < 1.29 is 4.79 Å². The lowest BCUT2D eigenvalue weighted by molar-refractivity contribution is -0.122. The van der Waals surface area contributed by atoms with E-state index in [-0.39, 0.29) is 24.4 Å². The van der Waals surface area contributed by atoms with Crippen molar-refractivity contribution in [3.8, 4) is 10.4 Å². The number of likely N-dealkylation sites (tertiary alicyclic amines) is 1. The topological polar surface area (TPSA) is 59.2 Å². The van der Waals surface area contributed by atoms with E-state index in [2.05, 4.69) is 34.1 Å². The molecular weight excluding hydrogens is 318 g/mol. The molecule has 1 aromatic carbocycles. The third-order valence-electron chi connectivity index (χ3n) is 4.04. The number of amides is 1. The van der Waals surface area contributed by atoms with Crippen LogP contribution >= 0.6 is 23.7 Å². The number of hydrogen-bond donors (Lipinski definition) is 1. The molecule has 0 aliphatic carbocycles. The average Bonchev–Trinajstić information content (AvgIpc) is 3.09. The number of primary amides is 1. The second-order valence-corrected chi connectivity index (χ2v) is 6.35. The first-order valence-electron chi connectivity index (χ1n) is 7.18. The van der Waals surface area contributed by atoms with Crippen LogP contribution in [0.25, 0.3) is 10.4 Å². The highest BCUT2D eigenvalue weighted by molar-refractivity contribution is 7.13. The molecule has 1 aromatic heterocycles. The highest BCUT2D eigenvalue weighted by atomic mass is 35.5. The predicted molar refractivity (Wildman–Crippen MR) is 92.2 cm³/mol. The smallest absolute Gasteiger partial charge is 0.234 e. The number of nitrogens with zero attached hydrogens (tertiary/aromatic N) is 2. The quantitative estimate of drug-likeness (QED) is 0.933. The number of nitrogens with two attached hydrogens (primary N) is 1. The van der Waals surface area contributed by atoms with Crippen LogP contribution in [0.15, 0.2) is 29.8 Å². The van der Waals surface area contributed by atoms with Gasteiger partial charge in [-0.1, -0.05) is 24.3 Å². The van der Waals surface area contributed by atoms with E-state index < -0.39 is 0 Å². The highest BCUT2D eigenvalue weighted by Crippen LogP contribution is 2.28. The number of carbonyl (C=O) groups is 1. The molecule has 118 valence electrons. The largest absolute Gasteiger partial charge is 0.368 e. The molecular formula is C16H20ClN3OS. The van der Waals surface area contributed by atoms with E-state index in [4.69, 9.17) is 5.73 Å². The maximum Gasteiger partial charge on any atom is 0.234 e. The molecule has 22 heavy (non-hydrogen) atoms. The summed E-state index contributed by atoms with van der Waals surface area (Å²) in [5, 5.41) is 0. The van der Waals surface area contributed by atoms with Crippen molar-refractivity contribution in [1.29, 1.82) is 0 Å². The lowest BCUT2D eigenvalue weighted by atomic mass is 10.1. The van der Waals surface area contributed by atoms with Crippen molar-refractivity contribution in [3.05, 3.63) is 41.0 Å². The van der Waals surface area contributed by atoms with Crippen LogP contribution in [-0.4, -0.2) is 28.4 Å². The van der Waals surface area contributed by atoms with Gasteiger partial charge in [0.25, 0.3) is 0 Å². The van der Waals surface area contributed by atoms with Gasteiger partial charge in [-0.3, -0.25) is 9.69 Å². The molecule has 0 saturated carbocycles. The van der Waals surface area contributed by atoms with E-state index in [0.717, 1.165) is 31.6 Å². The minimum absolute atomic E-state index is 0. The van der Waals surface area contributed by atoms with Crippen LogP contribution in [0.4, 0.5) is 0 Å². The Labute approximate surface area is 140 Å². The van der Waals surface area contributed by atoms with Crippen LogP contribution in [0, 0.1) is 6.92 Å². The third-order valence-corrected chi connectivity index (χ3v) is 5.02. The van der Waals surface area contributed by atoms with Gasteiger partial charge in [-0.15, -0.1) is 23.7 Å². The summed E-state index contributed by atoms with van der Waals surface area (Å²) in [5.74, 6) is -0.204. The fraction of sp³-hybridized carbons (Fsp3) is 0.375. The molecule has 1 aliphatic heterocycles. The minimum atomic E-state index is -0.204. The van der Waals surface area contributed by atoms with E-state index in [9.17, 15) is 4.79 Å². The van der Waals surface area contributed by atoms with Crippen molar-refractivity contribution in [2.24, 2.45) is 5.73 Å². The summed E-state index contributed by atoms with van der Waals surface area (Å²) in [7, 11) is 0. The maximum absolute atomic E-state index is 11.4. The Kier molecular flexibility index (Phi) is 5.56. The van der Waals surface area contributed by atoms with Gasteiger partial charge in [0, 0.05) is 6.54 Å². The molecule has 2 aromatic rings. The van der Waals surface area contributed by atoms with Gasteiger partial charge in [0.15, 0.2) is 0 Å². The number of aromatic nitrogens is 1. The zero-order valence-electron chi connectivity index (χ0n) is 12.5. The van der Waals surface area contributed by atoms with E-state index in [0.29, 0.717) is 0 Å². The van der Waals surface area contributed by atoms with E-state index in [1.807, 2.05) is 12.4 Å². The second kappa shape index (κ2) is 7.22. The fourth-order valence-corrected chi connectivity index (χ4v) is 3.72. The summed E-state index contributed by atoms with van der Waals surface area (Å²) in [6, 6.07) is 8.42. The van der Waals surface area contributed by atoms with Crippen molar-refractivity contribution in [1.82, 2.24) is 9.88 Å². The average molecular weight is 338 g/mol. The summed E-state index contributed by atoms with van der Waals surface area (Å²) >= 11 is 1.66. The lowest BCUT2D eigenvalue weighted by Gasteiger charge is -2.21. The summed E-state index contributed by atoms with van der Waals surface area (Å²) < 4.78 is 0. The molecule has 6 heteroatoms. The molecule has 1 amide bonds. The van der Waals surface area contributed by atoms with Gasteiger partial charge in [-0.05, 0) is 37.4 Å². The van der Waals surface area contributed by atoms with Crippen molar-refractivity contribution in [2.75, 3.05) is 6.54 Å². The first kappa shape index (κ1) is 16.9. The molecule has 1 aliphatic rings. The Morgan fingerprint density at radius 1 is 1.41 bits per heavy atom. The van der Waals surface area contributed by atoms with Crippen molar-refractivity contribution >= 4 is 29.7 Å². The number of aryl methyl sites for hydroxylation is 1. The molecule has 0 bridgehead atoms. The molecule has 3 rings (SSSR count). The predicted octanol–water partition coefficient (Wildman–Crippen LogP) is 2.99. The summed E-state index contributed by atoms with van der Waals surface area (Å²) in [6.07, 6.45) is 1.93. The zero-order valence-corrected chi connectivity index (χ0v) is 14.1. The highest BCUT2D eigenvalue weighted by Gasteiger charge is 2.28. The van der Waals surface area contributed by atoms with Gasteiger partial charge >= 0.3 is 0 Å². The van der Waals surface area contributed by atoms with Crippen molar-refractivity contribution in [2.45, 2.75) is 32.4 Å². The molecule has 4 nitrogen and oxygen atoms in total. The Hall–Kier alpha value is -1.43. The fourth-order valence-electron chi connectivity index (χ4n) is 2.91. The molecule has 1 unspecified atom stereocenters. The molecule has 2 heterocycles. The molecule has 1 atom stereocenters. The van der Waals surface area contributed by atoms with Crippen molar-refractivity contribution in [3.63, 3.8) is 0 Å². The maximum atomic E-state index is 11.4. The zero-order chi connectivity index (χ0) is 14.8. The SMILES string of the molecule is Cc1ncsc1-c1ccc(CN2CCCC2C(N)=O)cc1.Cl. The molecule has 0 radical (unpaired) electrons.